The Kier molecular flexibility index (Phi) is 8.61. The van der Waals surface area contributed by atoms with Gasteiger partial charge in [0.25, 0.3) is 0 Å². The van der Waals surface area contributed by atoms with Crippen LogP contribution < -0.4 is 10.1 Å². The Morgan fingerprint density at radius 1 is 1.00 bits per heavy atom. The first-order valence-electron chi connectivity index (χ1n) is 10.3. The number of hydrogen-bond acceptors (Lipinski definition) is 6. The second-order valence-corrected chi connectivity index (χ2v) is 8.39. The first kappa shape index (κ1) is 23.7. The van der Waals surface area contributed by atoms with Crippen LogP contribution in [0.1, 0.15) is 27.9 Å². The highest BCUT2D eigenvalue weighted by Gasteiger charge is 2.30. The minimum Gasteiger partial charge on any atom is -0.497 e. The summed E-state index contributed by atoms with van der Waals surface area (Å²) in [6.45, 7) is 0. The zero-order valence-corrected chi connectivity index (χ0v) is 18.6. The number of amides is 1. The Bertz CT molecular complexity index is 993. The summed E-state index contributed by atoms with van der Waals surface area (Å²) in [6.07, 6.45) is 0.651. The van der Waals surface area contributed by atoms with E-state index < -0.39 is 19.0 Å². The molecule has 1 amide bonds. The number of benzene rings is 2. The first-order chi connectivity index (χ1) is 15.5. The SMILES string of the molecule is COc1ccc(C(=O)C[C@@H](Cc2ccccc2)C(=O)NC(Cc2ccsc2)B(O)O)cc1. The van der Waals surface area contributed by atoms with E-state index in [1.807, 2.05) is 47.2 Å². The van der Waals surface area contributed by atoms with E-state index in [4.69, 9.17) is 4.74 Å². The molecule has 0 aliphatic rings. The third-order valence-electron chi connectivity index (χ3n) is 5.26. The van der Waals surface area contributed by atoms with Crippen LogP contribution in [0.5, 0.6) is 5.75 Å². The predicted molar refractivity (Wildman–Crippen MR) is 126 cm³/mol. The van der Waals surface area contributed by atoms with Crippen LogP contribution in [0.2, 0.25) is 0 Å². The van der Waals surface area contributed by atoms with Gasteiger partial charge in [-0.05, 0) is 65.1 Å². The minimum absolute atomic E-state index is 0.000247. The normalized spacial score (nSPS) is 12.6. The topological polar surface area (TPSA) is 95.9 Å². The fraction of sp³-hybridized carbons (Fsp3) is 0.250. The zero-order valence-electron chi connectivity index (χ0n) is 17.8. The lowest BCUT2D eigenvalue weighted by Gasteiger charge is -2.22. The van der Waals surface area contributed by atoms with Gasteiger partial charge in [0.05, 0.1) is 13.1 Å². The zero-order chi connectivity index (χ0) is 22.9. The lowest BCUT2D eigenvalue weighted by Crippen LogP contribution is -2.50. The molecule has 0 saturated carbocycles. The van der Waals surface area contributed by atoms with E-state index in [1.165, 1.54) is 11.3 Å². The molecule has 0 bridgehead atoms. The van der Waals surface area contributed by atoms with Gasteiger partial charge in [-0.25, -0.2) is 0 Å². The lowest BCUT2D eigenvalue weighted by atomic mass is 9.75. The number of thiophene rings is 1. The van der Waals surface area contributed by atoms with E-state index in [-0.39, 0.29) is 24.5 Å². The Labute approximate surface area is 192 Å². The van der Waals surface area contributed by atoms with Crippen molar-refractivity contribution in [3.63, 3.8) is 0 Å². The van der Waals surface area contributed by atoms with Gasteiger partial charge in [0, 0.05) is 17.9 Å². The molecule has 3 N–H and O–H groups in total. The van der Waals surface area contributed by atoms with Crippen molar-refractivity contribution in [2.75, 3.05) is 7.11 Å². The molecule has 1 aromatic heterocycles. The molecule has 0 radical (unpaired) electrons. The highest BCUT2D eigenvalue weighted by atomic mass is 32.1. The van der Waals surface area contributed by atoms with Crippen molar-refractivity contribution in [2.45, 2.75) is 25.2 Å². The highest BCUT2D eigenvalue weighted by Crippen LogP contribution is 2.19. The van der Waals surface area contributed by atoms with Crippen LogP contribution in [0, 0.1) is 5.92 Å². The molecule has 0 fully saturated rings. The van der Waals surface area contributed by atoms with E-state index in [0.717, 1.165) is 11.1 Å². The number of rotatable bonds is 11. The molecule has 0 saturated heterocycles. The van der Waals surface area contributed by atoms with Gasteiger partial charge in [0.2, 0.25) is 5.91 Å². The highest BCUT2D eigenvalue weighted by molar-refractivity contribution is 7.07. The first-order valence-corrected chi connectivity index (χ1v) is 11.3. The number of ketones is 1. The molecule has 0 aliphatic heterocycles. The fourth-order valence-corrected chi connectivity index (χ4v) is 4.15. The summed E-state index contributed by atoms with van der Waals surface area (Å²) in [4.78, 5) is 26.1. The molecule has 0 spiro atoms. The number of carbonyl (C=O) groups excluding carboxylic acids is 2. The molecule has 2 atom stereocenters. The van der Waals surface area contributed by atoms with Crippen LogP contribution in [-0.2, 0) is 17.6 Å². The number of hydrogen-bond donors (Lipinski definition) is 3. The van der Waals surface area contributed by atoms with Gasteiger partial charge in [0.15, 0.2) is 5.78 Å². The van der Waals surface area contributed by atoms with Crippen LogP contribution in [0.4, 0.5) is 0 Å². The van der Waals surface area contributed by atoms with E-state index in [9.17, 15) is 19.6 Å². The predicted octanol–water partition coefficient (Wildman–Crippen LogP) is 2.93. The van der Waals surface area contributed by atoms with Gasteiger partial charge in [0.1, 0.15) is 5.75 Å². The Balaban J connectivity index is 1.75. The standard InChI is InChI=1S/C24H26BNO5S/c1-31-21-9-7-19(8-10-21)22(27)15-20(13-17-5-3-2-4-6-17)24(28)26-23(25(29)30)14-18-11-12-32-16-18/h2-12,16,20,23,29-30H,13-15H2,1H3,(H,26,28)/t20-,23?/m1/s1. The Hall–Kier alpha value is -2.94. The Morgan fingerprint density at radius 2 is 1.72 bits per heavy atom. The van der Waals surface area contributed by atoms with Crippen molar-refractivity contribution in [3.8, 4) is 5.75 Å². The molecule has 3 aromatic rings. The van der Waals surface area contributed by atoms with Gasteiger partial charge >= 0.3 is 7.12 Å². The Morgan fingerprint density at radius 3 is 2.31 bits per heavy atom. The summed E-state index contributed by atoms with van der Waals surface area (Å²) in [5, 5.41) is 26.1. The molecule has 8 heteroatoms. The number of methoxy groups -OCH3 is 1. The second kappa shape index (κ2) is 11.6. The maximum Gasteiger partial charge on any atom is 0.475 e. The van der Waals surface area contributed by atoms with Gasteiger partial charge in [-0.3, -0.25) is 9.59 Å². The second-order valence-electron chi connectivity index (χ2n) is 7.61. The molecule has 3 rings (SSSR count). The molecule has 2 aromatic carbocycles. The van der Waals surface area contributed by atoms with Crippen LogP contribution >= 0.6 is 11.3 Å². The van der Waals surface area contributed by atoms with E-state index in [2.05, 4.69) is 5.32 Å². The van der Waals surface area contributed by atoms with Crippen molar-refractivity contribution in [1.29, 1.82) is 0 Å². The van der Waals surface area contributed by atoms with Crippen molar-refractivity contribution < 1.29 is 24.4 Å². The van der Waals surface area contributed by atoms with Crippen LogP contribution in [0.15, 0.2) is 71.4 Å². The van der Waals surface area contributed by atoms with E-state index in [1.54, 1.807) is 31.4 Å². The summed E-state index contributed by atoms with van der Waals surface area (Å²) >= 11 is 1.50. The summed E-state index contributed by atoms with van der Waals surface area (Å²) in [7, 11) is -0.160. The average molecular weight is 451 g/mol. The van der Waals surface area contributed by atoms with Crippen molar-refractivity contribution >= 4 is 30.1 Å². The number of Topliss-reactive ketones (excluding diaryl/α,β-unsaturated/α-hetero) is 1. The maximum atomic E-state index is 13.2. The molecule has 166 valence electrons. The molecular weight excluding hydrogens is 425 g/mol. The van der Waals surface area contributed by atoms with Gasteiger partial charge in [-0.2, -0.15) is 11.3 Å². The molecular formula is C24H26BNO5S. The van der Waals surface area contributed by atoms with Gasteiger partial charge in [-0.15, -0.1) is 0 Å². The lowest BCUT2D eigenvalue weighted by molar-refractivity contribution is -0.125. The third kappa shape index (κ3) is 6.78. The smallest absolute Gasteiger partial charge is 0.475 e. The number of nitrogens with one attached hydrogen (secondary N) is 1. The third-order valence-corrected chi connectivity index (χ3v) is 5.99. The van der Waals surface area contributed by atoms with Gasteiger partial charge in [-0.1, -0.05) is 30.3 Å². The number of ether oxygens (including phenoxy) is 1. The maximum absolute atomic E-state index is 13.2. The molecule has 1 heterocycles. The van der Waals surface area contributed by atoms with Crippen molar-refractivity contribution in [2.24, 2.45) is 5.92 Å². The summed E-state index contributed by atoms with van der Waals surface area (Å²) < 4.78 is 5.13. The van der Waals surface area contributed by atoms with E-state index >= 15 is 0 Å². The molecule has 6 nitrogen and oxygen atoms in total. The molecule has 32 heavy (non-hydrogen) atoms. The van der Waals surface area contributed by atoms with Crippen LogP contribution in [-0.4, -0.2) is 41.9 Å². The largest absolute Gasteiger partial charge is 0.497 e. The van der Waals surface area contributed by atoms with Crippen LogP contribution in [0.25, 0.3) is 0 Å². The summed E-state index contributed by atoms with van der Waals surface area (Å²) in [6, 6.07) is 18.1. The van der Waals surface area contributed by atoms with Crippen LogP contribution in [0.3, 0.4) is 0 Å². The average Bonchev–Trinajstić information content (AvgIpc) is 3.32. The molecule has 0 aliphatic carbocycles. The minimum atomic E-state index is -1.71. The molecule has 1 unspecified atom stereocenters. The van der Waals surface area contributed by atoms with E-state index in [0.29, 0.717) is 17.7 Å². The van der Waals surface area contributed by atoms with Crippen molar-refractivity contribution in [1.82, 2.24) is 5.32 Å². The summed E-state index contributed by atoms with van der Waals surface area (Å²) in [5.41, 5.74) is 2.32. The monoisotopic (exact) mass is 451 g/mol. The fourth-order valence-electron chi connectivity index (χ4n) is 3.47. The van der Waals surface area contributed by atoms with Gasteiger partial charge < -0.3 is 20.1 Å². The number of carbonyl (C=O) groups is 2. The van der Waals surface area contributed by atoms with Crippen molar-refractivity contribution in [3.05, 3.63) is 88.1 Å². The summed E-state index contributed by atoms with van der Waals surface area (Å²) in [5.74, 6) is -1.43. The quantitative estimate of drug-likeness (QED) is 0.308.